The van der Waals surface area contributed by atoms with E-state index in [1.165, 1.54) is 5.56 Å². The molecule has 1 aromatic carbocycles. The summed E-state index contributed by atoms with van der Waals surface area (Å²) in [6.07, 6.45) is 0.792. The molecule has 0 aromatic heterocycles. The van der Waals surface area contributed by atoms with Crippen molar-refractivity contribution in [2.75, 3.05) is 7.05 Å². The van der Waals surface area contributed by atoms with Crippen molar-refractivity contribution < 1.29 is 0 Å². The molecule has 0 radical (unpaired) electrons. The van der Waals surface area contributed by atoms with Gasteiger partial charge in [-0.05, 0) is 12.0 Å². The predicted molar refractivity (Wildman–Crippen MR) is 59.8 cm³/mol. The van der Waals surface area contributed by atoms with E-state index in [0.29, 0.717) is 4.99 Å². The van der Waals surface area contributed by atoms with Gasteiger partial charge in [-0.1, -0.05) is 42.5 Å². The first-order valence-corrected chi connectivity index (χ1v) is 4.66. The van der Waals surface area contributed by atoms with Crippen LogP contribution in [0, 0.1) is 0 Å². The topological polar surface area (TPSA) is 38.0 Å². The van der Waals surface area contributed by atoms with Crippen LogP contribution in [0.25, 0.3) is 0 Å². The van der Waals surface area contributed by atoms with Gasteiger partial charge in [-0.15, -0.1) is 0 Å². The molecule has 0 amide bonds. The van der Waals surface area contributed by atoms with Gasteiger partial charge < -0.3 is 11.1 Å². The molecule has 1 rings (SSSR count). The van der Waals surface area contributed by atoms with Gasteiger partial charge in [0, 0.05) is 7.05 Å². The first kappa shape index (κ1) is 10.2. The van der Waals surface area contributed by atoms with Gasteiger partial charge in [0.2, 0.25) is 0 Å². The Hall–Kier alpha value is -0.930. The standard InChI is InChI=1S/C10H14N2S/c1-12-10(13)9(11)7-8-5-3-2-4-6-8/h2-6,9H,7,11H2,1H3,(H,12,13)/t9-/m0/s1. The third-order valence-electron chi connectivity index (χ3n) is 1.88. The lowest BCUT2D eigenvalue weighted by molar-refractivity contribution is 0.833. The first-order chi connectivity index (χ1) is 6.24. The molecule has 3 N–H and O–H groups in total. The molecule has 0 saturated carbocycles. The van der Waals surface area contributed by atoms with Crippen LogP contribution in [0.15, 0.2) is 30.3 Å². The van der Waals surface area contributed by atoms with Gasteiger partial charge >= 0.3 is 0 Å². The van der Waals surface area contributed by atoms with Crippen LogP contribution in [0.2, 0.25) is 0 Å². The summed E-state index contributed by atoms with van der Waals surface area (Å²) in [6.45, 7) is 0. The van der Waals surface area contributed by atoms with E-state index in [4.69, 9.17) is 18.0 Å². The number of hydrogen-bond acceptors (Lipinski definition) is 2. The molecule has 0 spiro atoms. The van der Waals surface area contributed by atoms with Crippen LogP contribution >= 0.6 is 12.2 Å². The van der Waals surface area contributed by atoms with Crippen molar-refractivity contribution in [3.63, 3.8) is 0 Å². The summed E-state index contributed by atoms with van der Waals surface area (Å²) in [7, 11) is 1.80. The molecular formula is C10H14N2S. The molecule has 0 bridgehead atoms. The molecule has 3 heteroatoms. The minimum atomic E-state index is -0.0811. The Morgan fingerprint density at radius 1 is 1.46 bits per heavy atom. The lowest BCUT2D eigenvalue weighted by atomic mass is 10.1. The maximum absolute atomic E-state index is 5.86. The minimum absolute atomic E-state index is 0.0811. The second-order valence-corrected chi connectivity index (χ2v) is 3.35. The molecule has 0 aliphatic heterocycles. The van der Waals surface area contributed by atoms with Crippen LogP contribution in [0.1, 0.15) is 5.56 Å². The van der Waals surface area contributed by atoms with Crippen LogP contribution in [0.4, 0.5) is 0 Å². The normalized spacial score (nSPS) is 12.2. The van der Waals surface area contributed by atoms with Crippen molar-refractivity contribution in [1.82, 2.24) is 5.32 Å². The number of thiocarbonyl (C=S) groups is 1. The minimum Gasteiger partial charge on any atom is -0.381 e. The van der Waals surface area contributed by atoms with E-state index in [0.717, 1.165) is 6.42 Å². The van der Waals surface area contributed by atoms with Crippen LogP contribution < -0.4 is 11.1 Å². The highest BCUT2D eigenvalue weighted by molar-refractivity contribution is 7.80. The number of rotatable bonds is 3. The predicted octanol–water partition coefficient (Wildman–Crippen LogP) is 1.10. The molecule has 0 fully saturated rings. The molecule has 1 aromatic rings. The van der Waals surface area contributed by atoms with Gasteiger partial charge in [-0.3, -0.25) is 0 Å². The van der Waals surface area contributed by atoms with Crippen molar-refractivity contribution >= 4 is 17.2 Å². The number of nitrogens with two attached hydrogens (primary N) is 1. The Morgan fingerprint density at radius 2 is 2.08 bits per heavy atom. The van der Waals surface area contributed by atoms with Gasteiger partial charge in [-0.2, -0.15) is 0 Å². The zero-order chi connectivity index (χ0) is 9.68. The summed E-state index contributed by atoms with van der Waals surface area (Å²) in [4.78, 5) is 0.712. The van der Waals surface area contributed by atoms with E-state index >= 15 is 0 Å². The van der Waals surface area contributed by atoms with Gasteiger partial charge in [0.05, 0.1) is 11.0 Å². The van der Waals surface area contributed by atoms with E-state index in [1.807, 2.05) is 18.2 Å². The molecule has 0 saturated heterocycles. The van der Waals surface area contributed by atoms with E-state index in [9.17, 15) is 0 Å². The summed E-state index contributed by atoms with van der Waals surface area (Å²) in [5, 5.41) is 2.89. The van der Waals surface area contributed by atoms with Crippen LogP contribution in [0.5, 0.6) is 0 Å². The number of hydrogen-bond donors (Lipinski definition) is 2. The van der Waals surface area contributed by atoms with Gasteiger partial charge in [0.1, 0.15) is 0 Å². The molecule has 2 nitrogen and oxygen atoms in total. The fourth-order valence-corrected chi connectivity index (χ4v) is 1.23. The monoisotopic (exact) mass is 194 g/mol. The number of likely N-dealkylation sites (N-methyl/N-ethyl adjacent to an activating group) is 1. The van der Waals surface area contributed by atoms with Crippen molar-refractivity contribution in [3.05, 3.63) is 35.9 Å². The second kappa shape index (κ2) is 4.94. The summed E-state index contributed by atoms with van der Waals surface area (Å²) in [5.41, 5.74) is 7.07. The average molecular weight is 194 g/mol. The molecule has 1 atom stereocenters. The van der Waals surface area contributed by atoms with Crippen LogP contribution in [0.3, 0.4) is 0 Å². The van der Waals surface area contributed by atoms with E-state index in [-0.39, 0.29) is 6.04 Å². The lowest BCUT2D eigenvalue weighted by Gasteiger charge is -2.12. The molecule has 0 heterocycles. The fraction of sp³-hybridized carbons (Fsp3) is 0.300. The smallest absolute Gasteiger partial charge is 0.0924 e. The summed E-state index contributed by atoms with van der Waals surface area (Å²) >= 11 is 5.04. The second-order valence-electron chi connectivity index (χ2n) is 2.91. The van der Waals surface area contributed by atoms with Crippen molar-refractivity contribution in [2.45, 2.75) is 12.5 Å². The number of nitrogens with one attached hydrogen (secondary N) is 1. The SMILES string of the molecule is CNC(=S)[C@@H](N)Cc1ccccc1. The maximum Gasteiger partial charge on any atom is 0.0924 e. The summed E-state index contributed by atoms with van der Waals surface area (Å²) in [5.74, 6) is 0. The Kier molecular flexibility index (Phi) is 3.86. The molecule has 70 valence electrons. The van der Waals surface area contributed by atoms with Gasteiger partial charge in [0.25, 0.3) is 0 Å². The van der Waals surface area contributed by atoms with Crippen molar-refractivity contribution in [2.24, 2.45) is 5.73 Å². The fourth-order valence-electron chi connectivity index (χ4n) is 1.15. The highest BCUT2D eigenvalue weighted by Crippen LogP contribution is 2.01. The van der Waals surface area contributed by atoms with E-state index in [1.54, 1.807) is 7.05 Å². The first-order valence-electron chi connectivity index (χ1n) is 4.25. The van der Waals surface area contributed by atoms with Gasteiger partial charge in [0.15, 0.2) is 0 Å². The lowest BCUT2D eigenvalue weighted by Crippen LogP contribution is -2.38. The van der Waals surface area contributed by atoms with E-state index < -0.39 is 0 Å². The van der Waals surface area contributed by atoms with Crippen LogP contribution in [-0.2, 0) is 6.42 Å². The highest BCUT2D eigenvalue weighted by Gasteiger charge is 2.07. The third kappa shape index (κ3) is 3.13. The quantitative estimate of drug-likeness (QED) is 0.708. The van der Waals surface area contributed by atoms with Crippen molar-refractivity contribution in [1.29, 1.82) is 0 Å². The zero-order valence-electron chi connectivity index (χ0n) is 7.66. The summed E-state index contributed by atoms with van der Waals surface area (Å²) < 4.78 is 0. The van der Waals surface area contributed by atoms with E-state index in [2.05, 4.69) is 17.4 Å². The zero-order valence-corrected chi connectivity index (χ0v) is 8.47. The van der Waals surface area contributed by atoms with Crippen molar-refractivity contribution in [3.8, 4) is 0 Å². The molecular weight excluding hydrogens is 180 g/mol. The van der Waals surface area contributed by atoms with Gasteiger partial charge in [-0.25, -0.2) is 0 Å². The summed E-state index contributed by atoms with van der Waals surface area (Å²) in [6, 6.07) is 10.0. The Bertz CT molecular complexity index is 272. The molecule has 0 aliphatic rings. The Morgan fingerprint density at radius 3 is 2.62 bits per heavy atom. The van der Waals surface area contributed by atoms with Crippen LogP contribution in [-0.4, -0.2) is 18.1 Å². The number of benzene rings is 1. The average Bonchev–Trinajstić information content (AvgIpc) is 2.18. The third-order valence-corrected chi connectivity index (χ3v) is 2.39. The highest BCUT2D eigenvalue weighted by atomic mass is 32.1. The molecule has 0 unspecified atom stereocenters. The Balaban J connectivity index is 2.55. The molecule has 13 heavy (non-hydrogen) atoms. The Labute approximate surface area is 84.1 Å². The molecule has 0 aliphatic carbocycles. The maximum atomic E-state index is 5.86. The largest absolute Gasteiger partial charge is 0.381 e.